The summed E-state index contributed by atoms with van der Waals surface area (Å²) in [5, 5.41) is 7.61. The minimum atomic E-state index is -4.03. The molecule has 0 spiro atoms. The third-order valence-corrected chi connectivity index (χ3v) is 8.42. The normalized spacial score (nSPS) is 18.8. The number of rotatable bonds is 9. The van der Waals surface area contributed by atoms with Crippen molar-refractivity contribution in [3.05, 3.63) is 48.1 Å². The number of halogens is 1. The molecule has 2 unspecified atom stereocenters. The van der Waals surface area contributed by atoms with E-state index < -0.39 is 27.0 Å². The van der Waals surface area contributed by atoms with Crippen molar-refractivity contribution in [1.82, 2.24) is 24.7 Å². The molecular weight excluding hydrogens is 503 g/mol. The lowest BCUT2D eigenvalue weighted by molar-refractivity contribution is 0.0360. The minimum Gasteiger partial charge on any atom is -0.494 e. The molecule has 37 heavy (non-hydrogen) atoms. The predicted octanol–water partition coefficient (Wildman–Crippen LogP) is 3.43. The molecule has 0 bridgehead atoms. The van der Waals surface area contributed by atoms with E-state index >= 15 is 0 Å². The fourth-order valence-corrected chi connectivity index (χ4v) is 5.59. The lowest BCUT2D eigenvalue weighted by Gasteiger charge is -2.22. The number of methoxy groups -OCH3 is 2. The first-order chi connectivity index (χ1) is 17.5. The summed E-state index contributed by atoms with van der Waals surface area (Å²) in [6.45, 7) is 7.56. The second-order valence-electron chi connectivity index (χ2n) is 9.60. The lowest BCUT2D eigenvalue weighted by Crippen LogP contribution is -2.31. The van der Waals surface area contributed by atoms with Crippen LogP contribution in [0, 0.1) is 5.82 Å². The molecule has 2 aromatic heterocycles. The fraction of sp³-hybridized carbons (Fsp3) is 0.500. The van der Waals surface area contributed by atoms with Gasteiger partial charge in [0.1, 0.15) is 28.8 Å². The standard InChI is InChI=1S/C24H31FN6O5S/c1-14(21-26-11-17(25)12-27-21)15(2)37(32,33)30-23-29-28-22(16-10-24(3,4)36-13-16)31(23)20-18(34-5)8-7-9-19(20)35-6/h7-9,11-12,14-16H,10,13H2,1-6H3,(H,29,30)/t14?,15?,16-/m1/s1. The summed E-state index contributed by atoms with van der Waals surface area (Å²) in [7, 11) is -1.00. The van der Waals surface area contributed by atoms with Gasteiger partial charge in [0, 0.05) is 11.8 Å². The molecule has 3 aromatic rings. The smallest absolute Gasteiger partial charge is 0.243 e. The first kappa shape index (κ1) is 26.7. The van der Waals surface area contributed by atoms with Gasteiger partial charge in [-0.3, -0.25) is 9.29 Å². The molecule has 3 heterocycles. The van der Waals surface area contributed by atoms with Crippen molar-refractivity contribution in [2.45, 2.75) is 56.8 Å². The number of aromatic nitrogens is 5. The Labute approximate surface area is 215 Å². The van der Waals surface area contributed by atoms with Crippen LogP contribution >= 0.6 is 0 Å². The summed E-state index contributed by atoms with van der Waals surface area (Å²) < 4.78 is 61.6. The first-order valence-corrected chi connectivity index (χ1v) is 13.3. The SMILES string of the molecule is COc1cccc(OC)c1-n1c(NS(=O)(=O)C(C)C(C)c2ncc(F)cn2)nnc1[C@H]1COC(C)(C)C1. The highest BCUT2D eigenvalue weighted by Gasteiger charge is 2.38. The molecule has 1 N–H and O–H groups in total. The lowest BCUT2D eigenvalue weighted by atomic mass is 9.97. The average molecular weight is 535 g/mol. The molecular formula is C24H31FN6O5S. The van der Waals surface area contributed by atoms with E-state index in [4.69, 9.17) is 14.2 Å². The zero-order chi connectivity index (χ0) is 27.0. The van der Waals surface area contributed by atoms with Crippen LogP contribution in [0.5, 0.6) is 11.5 Å². The molecule has 0 saturated carbocycles. The highest BCUT2D eigenvalue weighted by Crippen LogP contribution is 2.41. The van der Waals surface area contributed by atoms with Crippen molar-refractivity contribution in [3.8, 4) is 17.2 Å². The van der Waals surface area contributed by atoms with Crippen LogP contribution in [0.15, 0.2) is 30.6 Å². The summed E-state index contributed by atoms with van der Waals surface area (Å²) in [4.78, 5) is 7.88. The largest absolute Gasteiger partial charge is 0.494 e. The number of hydrogen-bond donors (Lipinski definition) is 1. The number of sulfonamides is 1. The van der Waals surface area contributed by atoms with E-state index in [0.717, 1.165) is 12.4 Å². The van der Waals surface area contributed by atoms with E-state index in [1.807, 2.05) is 13.8 Å². The van der Waals surface area contributed by atoms with Gasteiger partial charge in [-0.15, -0.1) is 10.2 Å². The molecule has 200 valence electrons. The summed E-state index contributed by atoms with van der Waals surface area (Å²) in [6, 6.07) is 5.25. The molecule has 1 saturated heterocycles. The Morgan fingerprint density at radius 3 is 2.30 bits per heavy atom. The van der Waals surface area contributed by atoms with E-state index in [2.05, 4.69) is 24.9 Å². The van der Waals surface area contributed by atoms with Crippen molar-refractivity contribution in [2.75, 3.05) is 25.5 Å². The highest BCUT2D eigenvalue weighted by molar-refractivity contribution is 7.93. The average Bonchev–Trinajstić information content (AvgIpc) is 3.44. The van der Waals surface area contributed by atoms with Gasteiger partial charge < -0.3 is 14.2 Å². The van der Waals surface area contributed by atoms with Crippen molar-refractivity contribution in [2.24, 2.45) is 0 Å². The Hall–Kier alpha value is -3.32. The topological polar surface area (TPSA) is 130 Å². The monoisotopic (exact) mass is 534 g/mol. The number of hydrogen-bond acceptors (Lipinski definition) is 9. The third kappa shape index (κ3) is 5.37. The molecule has 1 fully saturated rings. The Morgan fingerprint density at radius 1 is 1.14 bits per heavy atom. The van der Waals surface area contributed by atoms with E-state index in [1.54, 1.807) is 29.7 Å². The number of ether oxygens (including phenoxy) is 3. The van der Waals surface area contributed by atoms with Crippen molar-refractivity contribution in [1.29, 1.82) is 0 Å². The summed E-state index contributed by atoms with van der Waals surface area (Å²) >= 11 is 0. The zero-order valence-corrected chi connectivity index (χ0v) is 22.4. The second-order valence-corrected chi connectivity index (χ2v) is 11.6. The van der Waals surface area contributed by atoms with Crippen LogP contribution in [0.3, 0.4) is 0 Å². The minimum absolute atomic E-state index is 0.0263. The molecule has 11 nitrogen and oxygen atoms in total. The van der Waals surface area contributed by atoms with Crippen molar-refractivity contribution >= 4 is 16.0 Å². The molecule has 1 aliphatic heterocycles. The van der Waals surface area contributed by atoms with Gasteiger partial charge in [-0.25, -0.2) is 22.8 Å². The van der Waals surface area contributed by atoms with Gasteiger partial charge in [-0.05, 0) is 39.3 Å². The number of anilines is 1. The number of nitrogens with one attached hydrogen (secondary N) is 1. The summed E-state index contributed by atoms with van der Waals surface area (Å²) in [5.41, 5.74) is 0.0860. The van der Waals surface area contributed by atoms with Crippen LogP contribution in [-0.2, 0) is 14.8 Å². The van der Waals surface area contributed by atoms with Crippen LogP contribution in [0.2, 0.25) is 0 Å². The summed E-state index contributed by atoms with van der Waals surface area (Å²) in [5.74, 6) is 0.182. The van der Waals surface area contributed by atoms with Gasteiger partial charge >= 0.3 is 0 Å². The molecule has 13 heteroatoms. The predicted molar refractivity (Wildman–Crippen MR) is 134 cm³/mol. The number of nitrogens with zero attached hydrogens (tertiary/aromatic N) is 5. The molecule has 3 atom stereocenters. The van der Waals surface area contributed by atoms with E-state index in [9.17, 15) is 12.8 Å². The maximum Gasteiger partial charge on any atom is 0.243 e. The third-order valence-electron chi connectivity index (χ3n) is 6.57. The van der Waals surface area contributed by atoms with E-state index in [-0.39, 0.29) is 23.3 Å². The number of benzene rings is 1. The van der Waals surface area contributed by atoms with Crippen LogP contribution < -0.4 is 14.2 Å². The van der Waals surface area contributed by atoms with Crippen LogP contribution in [0.4, 0.5) is 10.3 Å². The second kappa shape index (κ2) is 10.2. The molecule has 0 amide bonds. The van der Waals surface area contributed by atoms with Gasteiger partial charge in [0.05, 0.1) is 44.1 Å². The van der Waals surface area contributed by atoms with Crippen molar-refractivity contribution in [3.63, 3.8) is 0 Å². The maximum atomic E-state index is 13.5. The van der Waals surface area contributed by atoms with E-state index in [0.29, 0.717) is 36.0 Å². The molecule has 1 aliphatic rings. The molecule has 4 rings (SSSR count). The highest BCUT2D eigenvalue weighted by atomic mass is 32.2. The molecule has 1 aromatic carbocycles. The van der Waals surface area contributed by atoms with Crippen LogP contribution in [-0.4, -0.2) is 64.8 Å². The molecule has 0 aliphatic carbocycles. The Morgan fingerprint density at radius 2 is 1.76 bits per heavy atom. The molecule has 0 radical (unpaired) electrons. The van der Waals surface area contributed by atoms with Gasteiger partial charge in [-0.2, -0.15) is 0 Å². The fourth-order valence-electron chi connectivity index (χ4n) is 4.36. The van der Waals surface area contributed by atoms with Gasteiger partial charge in [0.2, 0.25) is 16.0 Å². The first-order valence-electron chi connectivity index (χ1n) is 11.8. The van der Waals surface area contributed by atoms with Gasteiger partial charge in [0.25, 0.3) is 0 Å². The van der Waals surface area contributed by atoms with Crippen LogP contribution in [0.25, 0.3) is 5.69 Å². The zero-order valence-electron chi connectivity index (χ0n) is 21.6. The summed E-state index contributed by atoms with van der Waals surface area (Å²) in [6.07, 6.45) is 2.67. The van der Waals surface area contributed by atoms with Crippen LogP contribution in [0.1, 0.15) is 57.6 Å². The van der Waals surface area contributed by atoms with Gasteiger partial charge in [-0.1, -0.05) is 13.0 Å². The van der Waals surface area contributed by atoms with E-state index in [1.165, 1.54) is 21.1 Å². The Bertz CT molecular complexity index is 1340. The van der Waals surface area contributed by atoms with Gasteiger partial charge in [0.15, 0.2) is 5.82 Å². The Kier molecular flexibility index (Phi) is 7.38. The quantitative estimate of drug-likeness (QED) is 0.439. The number of para-hydroxylation sites is 1. The Balaban J connectivity index is 1.78. The maximum absolute atomic E-state index is 13.5. The van der Waals surface area contributed by atoms with Crippen molar-refractivity contribution < 1.29 is 27.0 Å².